The van der Waals surface area contributed by atoms with Crippen molar-refractivity contribution in [3.63, 3.8) is 0 Å². The molecule has 1 saturated heterocycles. The van der Waals surface area contributed by atoms with E-state index in [-0.39, 0.29) is 23.2 Å². The molecule has 1 heterocycles. The van der Waals surface area contributed by atoms with Crippen molar-refractivity contribution in [2.45, 2.75) is 24.9 Å². The highest BCUT2D eigenvalue weighted by atomic mass is 32.2. The molecule has 1 aliphatic heterocycles. The number of carbonyl (C=O) groups excluding carboxylic acids is 2. The first kappa shape index (κ1) is 23.7. The van der Waals surface area contributed by atoms with E-state index >= 15 is 0 Å². The van der Waals surface area contributed by atoms with Gasteiger partial charge in [-0.15, -0.1) is 11.8 Å². The third-order valence-electron chi connectivity index (χ3n) is 5.87. The van der Waals surface area contributed by atoms with Gasteiger partial charge in [-0.3, -0.25) is 9.59 Å². The Labute approximate surface area is 204 Å². The van der Waals surface area contributed by atoms with Gasteiger partial charge in [-0.05, 0) is 48.4 Å². The summed E-state index contributed by atoms with van der Waals surface area (Å²) in [4.78, 5) is 27.3. The monoisotopic (exact) mass is 476 g/mol. The van der Waals surface area contributed by atoms with Gasteiger partial charge < -0.3 is 19.7 Å². The van der Waals surface area contributed by atoms with Crippen molar-refractivity contribution in [2.75, 3.05) is 20.0 Å². The first-order valence-corrected chi connectivity index (χ1v) is 12.1. The molecule has 1 fully saturated rings. The van der Waals surface area contributed by atoms with E-state index in [1.165, 1.54) is 0 Å². The summed E-state index contributed by atoms with van der Waals surface area (Å²) in [5.74, 6) is 1.79. The lowest BCUT2D eigenvalue weighted by atomic mass is 10.1. The van der Waals surface area contributed by atoms with Crippen molar-refractivity contribution in [3.8, 4) is 11.5 Å². The Kier molecular flexibility index (Phi) is 7.43. The quantitative estimate of drug-likeness (QED) is 0.497. The van der Waals surface area contributed by atoms with E-state index in [1.54, 1.807) is 26.0 Å². The number of benzene rings is 3. The minimum absolute atomic E-state index is 0.0650. The molecule has 0 spiro atoms. The number of rotatable bonds is 8. The van der Waals surface area contributed by atoms with E-state index in [1.807, 2.05) is 84.6 Å². The molecule has 4 rings (SSSR count). The van der Waals surface area contributed by atoms with Crippen LogP contribution in [0.25, 0.3) is 0 Å². The molecule has 2 atom stereocenters. The molecule has 7 heteroatoms. The van der Waals surface area contributed by atoms with Crippen molar-refractivity contribution in [3.05, 3.63) is 95.1 Å². The SMILES string of the molecule is COc1ccc(OC)c([C@H](C)NC(=O)c2ccc([C@@H]3SCC(=O)N3Cc3ccccc3)cc2)c1. The second-order valence-corrected chi connectivity index (χ2v) is 9.16. The van der Waals surface area contributed by atoms with Crippen LogP contribution in [0, 0.1) is 0 Å². The van der Waals surface area contributed by atoms with Crippen molar-refractivity contribution >= 4 is 23.6 Å². The molecule has 6 nitrogen and oxygen atoms in total. The fraction of sp³-hybridized carbons (Fsp3) is 0.259. The van der Waals surface area contributed by atoms with Crippen LogP contribution in [0.4, 0.5) is 0 Å². The Morgan fingerprint density at radius 3 is 2.47 bits per heavy atom. The maximum atomic E-state index is 12.9. The van der Waals surface area contributed by atoms with Crippen molar-refractivity contribution in [2.24, 2.45) is 0 Å². The van der Waals surface area contributed by atoms with Crippen LogP contribution in [0.5, 0.6) is 11.5 Å². The fourth-order valence-corrected chi connectivity index (χ4v) is 5.20. The number of carbonyl (C=O) groups is 2. The molecule has 0 aliphatic carbocycles. The van der Waals surface area contributed by atoms with Gasteiger partial charge >= 0.3 is 0 Å². The van der Waals surface area contributed by atoms with E-state index < -0.39 is 0 Å². The van der Waals surface area contributed by atoms with Gasteiger partial charge in [0, 0.05) is 17.7 Å². The summed E-state index contributed by atoms with van der Waals surface area (Å²) in [7, 11) is 3.21. The summed E-state index contributed by atoms with van der Waals surface area (Å²) in [6.45, 7) is 2.48. The molecule has 176 valence electrons. The topological polar surface area (TPSA) is 67.9 Å². The first-order valence-electron chi connectivity index (χ1n) is 11.1. The summed E-state index contributed by atoms with van der Waals surface area (Å²) >= 11 is 1.61. The molecule has 1 N–H and O–H groups in total. The molecule has 3 aromatic rings. The van der Waals surface area contributed by atoms with Crippen molar-refractivity contribution < 1.29 is 19.1 Å². The van der Waals surface area contributed by atoms with E-state index in [4.69, 9.17) is 9.47 Å². The summed E-state index contributed by atoms with van der Waals surface area (Å²) in [6, 6.07) is 22.7. The van der Waals surface area contributed by atoms with Crippen LogP contribution in [-0.2, 0) is 11.3 Å². The Morgan fingerprint density at radius 1 is 1.06 bits per heavy atom. The predicted octanol–water partition coefficient (Wildman–Crippen LogP) is 4.97. The lowest BCUT2D eigenvalue weighted by Gasteiger charge is -2.24. The molecule has 34 heavy (non-hydrogen) atoms. The van der Waals surface area contributed by atoms with Gasteiger partial charge in [0.1, 0.15) is 16.9 Å². The molecule has 0 aromatic heterocycles. The number of methoxy groups -OCH3 is 2. The van der Waals surface area contributed by atoms with Gasteiger partial charge in [-0.25, -0.2) is 0 Å². The number of nitrogens with one attached hydrogen (secondary N) is 1. The number of hydrogen-bond donors (Lipinski definition) is 1. The Morgan fingerprint density at radius 2 is 1.79 bits per heavy atom. The van der Waals surface area contributed by atoms with Crippen LogP contribution in [-0.4, -0.2) is 36.7 Å². The van der Waals surface area contributed by atoms with Crippen LogP contribution < -0.4 is 14.8 Å². The molecule has 0 saturated carbocycles. The zero-order valence-electron chi connectivity index (χ0n) is 19.5. The zero-order valence-corrected chi connectivity index (χ0v) is 20.3. The van der Waals surface area contributed by atoms with E-state index in [2.05, 4.69) is 5.32 Å². The largest absolute Gasteiger partial charge is 0.497 e. The van der Waals surface area contributed by atoms with Crippen LogP contribution >= 0.6 is 11.8 Å². The maximum absolute atomic E-state index is 12.9. The molecular formula is C27H28N2O4S. The Bertz CT molecular complexity index is 1150. The normalized spacial score (nSPS) is 16.3. The van der Waals surface area contributed by atoms with Crippen molar-refractivity contribution in [1.82, 2.24) is 10.2 Å². The number of amides is 2. The molecule has 2 amide bonds. The van der Waals surface area contributed by atoms with Gasteiger partial charge in [0.05, 0.1) is 26.0 Å². The number of nitrogens with zero attached hydrogens (tertiary/aromatic N) is 1. The maximum Gasteiger partial charge on any atom is 0.251 e. The molecule has 1 aliphatic rings. The van der Waals surface area contributed by atoms with Gasteiger partial charge in [-0.1, -0.05) is 42.5 Å². The lowest BCUT2D eigenvalue weighted by molar-refractivity contribution is -0.128. The second-order valence-electron chi connectivity index (χ2n) is 8.10. The average molecular weight is 477 g/mol. The third-order valence-corrected chi connectivity index (χ3v) is 7.13. The minimum atomic E-state index is -0.276. The second kappa shape index (κ2) is 10.7. The van der Waals surface area contributed by atoms with E-state index in [0.29, 0.717) is 29.4 Å². The van der Waals surface area contributed by atoms with Crippen LogP contribution in [0.2, 0.25) is 0 Å². The molecule has 3 aromatic carbocycles. The summed E-state index contributed by atoms with van der Waals surface area (Å²) < 4.78 is 10.8. The van der Waals surface area contributed by atoms with Gasteiger partial charge in [0.25, 0.3) is 5.91 Å². The standard InChI is InChI=1S/C27H28N2O4S/c1-18(23-15-22(32-2)13-14-24(23)33-3)28-26(31)20-9-11-21(12-10-20)27-29(25(30)17-34-27)16-19-7-5-4-6-8-19/h4-15,18,27H,16-17H2,1-3H3,(H,28,31)/t18-,27-/m0/s1. The summed E-state index contributed by atoms with van der Waals surface area (Å²) in [5.41, 5.74) is 3.50. The smallest absolute Gasteiger partial charge is 0.251 e. The summed E-state index contributed by atoms with van der Waals surface area (Å²) in [6.07, 6.45) is 0. The highest BCUT2D eigenvalue weighted by Gasteiger charge is 2.32. The molecule has 0 radical (unpaired) electrons. The molecule has 0 bridgehead atoms. The minimum Gasteiger partial charge on any atom is -0.497 e. The Balaban J connectivity index is 1.46. The van der Waals surface area contributed by atoms with Gasteiger partial charge in [-0.2, -0.15) is 0 Å². The first-order chi connectivity index (χ1) is 16.5. The lowest BCUT2D eigenvalue weighted by Crippen LogP contribution is -2.28. The highest BCUT2D eigenvalue weighted by molar-refractivity contribution is 8.00. The average Bonchev–Trinajstić information content (AvgIpc) is 3.24. The Hall–Kier alpha value is -3.45. The van der Waals surface area contributed by atoms with Crippen LogP contribution in [0.1, 0.15) is 45.4 Å². The molecular weight excluding hydrogens is 448 g/mol. The highest BCUT2D eigenvalue weighted by Crippen LogP contribution is 2.39. The predicted molar refractivity (Wildman–Crippen MR) is 134 cm³/mol. The van der Waals surface area contributed by atoms with Crippen LogP contribution in [0.15, 0.2) is 72.8 Å². The van der Waals surface area contributed by atoms with Gasteiger partial charge in [0.2, 0.25) is 5.91 Å². The molecule has 0 unspecified atom stereocenters. The third kappa shape index (κ3) is 5.20. The number of hydrogen-bond acceptors (Lipinski definition) is 5. The summed E-state index contributed by atoms with van der Waals surface area (Å²) in [5, 5.41) is 2.97. The number of ether oxygens (including phenoxy) is 2. The van der Waals surface area contributed by atoms with Crippen molar-refractivity contribution in [1.29, 1.82) is 0 Å². The van der Waals surface area contributed by atoms with Crippen LogP contribution in [0.3, 0.4) is 0 Å². The number of thioether (sulfide) groups is 1. The zero-order chi connectivity index (χ0) is 24.1. The fourth-order valence-electron chi connectivity index (χ4n) is 4.02. The van der Waals surface area contributed by atoms with Gasteiger partial charge in [0.15, 0.2) is 0 Å². The van der Waals surface area contributed by atoms with E-state index in [0.717, 1.165) is 16.7 Å². The van der Waals surface area contributed by atoms with E-state index in [9.17, 15) is 9.59 Å².